The van der Waals surface area contributed by atoms with E-state index in [9.17, 15) is 4.79 Å². The fourth-order valence-corrected chi connectivity index (χ4v) is 5.25. The van der Waals surface area contributed by atoms with Crippen molar-refractivity contribution in [2.24, 2.45) is 0 Å². The first-order valence-electron chi connectivity index (χ1n) is 11.2. The summed E-state index contributed by atoms with van der Waals surface area (Å²) >= 11 is 0. The van der Waals surface area contributed by atoms with Gasteiger partial charge in [0.2, 0.25) is 5.91 Å². The van der Waals surface area contributed by atoms with Crippen LogP contribution in [0.25, 0.3) is 0 Å². The lowest BCUT2D eigenvalue weighted by molar-refractivity contribution is -0.140. The fourth-order valence-electron chi connectivity index (χ4n) is 5.25. The van der Waals surface area contributed by atoms with Crippen molar-refractivity contribution in [1.29, 1.82) is 0 Å². The SMILES string of the molecule is CCC1CN(C(=O)CN2CCCC2C2CCCN2Cc2ccccc2)CCO1. The molecule has 3 aliphatic rings. The largest absolute Gasteiger partial charge is 0.375 e. The number of rotatable bonds is 6. The van der Waals surface area contributed by atoms with Gasteiger partial charge in [0.25, 0.3) is 0 Å². The molecular weight excluding hydrogens is 350 g/mol. The molecule has 3 heterocycles. The number of amides is 1. The highest BCUT2D eigenvalue weighted by atomic mass is 16.5. The van der Waals surface area contributed by atoms with Gasteiger partial charge in [0.15, 0.2) is 0 Å². The molecule has 0 bridgehead atoms. The molecule has 5 nitrogen and oxygen atoms in total. The number of nitrogens with zero attached hydrogens (tertiary/aromatic N) is 3. The molecule has 0 spiro atoms. The molecule has 0 aliphatic carbocycles. The number of likely N-dealkylation sites (tertiary alicyclic amines) is 2. The number of morpholine rings is 1. The molecule has 1 aromatic carbocycles. The standard InChI is InChI=1S/C23H35N3O2/c1-2-20-17-26(14-15-28-20)23(27)18-25-13-7-11-22(25)21-10-6-12-24(21)16-19-8-4-3-5-9-19/h3-5,8-9,20-22H,2,6-7,10-18H2,1H3. The van der Waals surface area contributed by atoms with Crippen molar-refractivity contribution in [3.63, 3.8) is 0 Å². The van der Waals surface area contributed by atoms with Crippen LogP contribution in [0, 0.1) is 0 Å². The Hall–Kier alpha value is -1.43. The molecule has 3 unspecified atom stereocenters. The Labute approximate surface area is 169 Å². The summed E-state index contributed by atoms with van der Waals surface area (Å²) in [6.45, 7) is 8.18. The summed E-state index contributed by atoms with van der Waals surface area (Å²) in [5.41, 5.74) is 1.40. The molecule has 154 valence electrons. The van der Waals surface area contributed by atoms with Crippen LogP contribution in [0.1, 0.15) is 44.6 Å². The highest BCUT2D eigenvalue weighted by Crippen LogP contribution is 2.31. The lowest BCUT2D eigenvalue weighted by Gasteiger charge is -2.37. The molecule has 1 aromatic rings. The fraction of sp³-hybridized carbons (Fsp3) is 0.696. The molecule has 3 atom stereocenters. The predicted octanol–water partition coefficient (Wildman–Crippen LogP) is 2.75. The molecule has 3 saturated heterocycles. The van der Waals surface area contributed by atoms with Crippen molar-refractivity contribution >= 4 is 5.91 Å². The predicted molar refractivity (Wildman–Crippen MR) is 111 cm³/mol. The van der Waals surface area contributed by atoms with Gasteiger partial charge in [0.05, 0.1) is 19.3 Å². The minimum Gasteiger partial charge on any atom is -0.375 e. The minimum atomic E-state index is 0.211. The van der Waals surface area contributed by atoms with Gasteiger partial charge < -0.3 is 9.64 Å². The van der Waals surface area contributed by atoms with Gasteiger partial charge in [0.1, 0.15) is 0 Å². The number of ether oxygens (including phenoxy) is 1. The smallest absolute Gasteiger partial charge is 0.236 e. The van der Waals surface area contributed by atoms with Gasteiger partial charge in [-0.3, -0.25) is 14.6 Å². The van der Waals surface area contributed by atoms with Gasteiger partial charge in [-0.2, -0.15) is 0 Å². The van der Waals surface area contributed by atoms with Crippen LogP contribution in [0.5, 0.6) is 0 Å². The van der Waals surface area contributed by atoms with Crippen molar-refractivity contribution in [3.05, 3.63) is 35.9 Å². The van der Waals surface area contributed by atoms with Gasteiger partial charge in [-0.25, -0.2) is 0 Å². The van der Waals surface area contributed by atoms with Crippen molar-refractivity contribution in [1.82, 2.24) is 14.7 Å². The third kappa shape index (κ3) is 4.58. The molecule has 3 aliphatic heterocycles. The average Bonchev–Trinajstić information content (AvgIpc) is 3.37. The van der Waals surface area contributed by atoms with Crippen molar-refractivity contribution in [2.45, 2.75) is 63.8 Å². The molecule has 3 fully saturated rings. The summed E-state index contributed by atoms with van der Waals surface area (Å²) in [6, 6.07) is 11.9. The number of hydrogen-bond donors (Lipinski definition) is 0. The van der Waals surface area contributed by atoms with E-state index in [1.807, 2.05) is 4.90 Å². The maximum atomic E-state index is 13.0. The first-order chi connectivity index (χ1) is 13.7. The van der Waals surface area contributed by atoms with Crippen LogP contribution in [-0.4, -0.2) is 78.1 Å². The summed E-state index contributed by atoms with van der Waals surface area (Å²) in [7, 11) is 0. The average molecular weight is 386 g/mol. The third-order valence-electron chi connectivity index (χ3n) is 6.79. The van der Waals surface area contributed by atoms with Crippen LogP contribution in [0.2, 0.25) is 0 Å². The van der Waals surface area contributed by atoms with Gasteiger partial charge in [-0.15, -0.1) is 0 Å². The van der Waals surface area contributed by atoms with E-state index >= 15 is 0 Å². The van der Waals surface area contributed by atoms with E-state index in [2.05, 4.69) is 47.1 Å². The highest BCUT2D eigenvalue weighted by molar-refractivity contribution is 5.78. The molecule has 5 heteroatoms. The summed E-state index contributed by atoms with van der Waals surface area (Å²) in [5.74, 6) is 0.293. The van der Waals surface area contributed by atoms with E-state index in [-0.39, 0.29) is 6.10 Å². The zero-order valence-corrected chi connectivity index (χ0v) is 17.3. The van der Waals surface area contributed by atoms with Crippen molar-refractivity contribution < 1.29 is 9.53 Å². The highest BCUT2D eigenvalue weighted by Gasteiger charge is 2.38. The molecule has 0 radical (unpaired) electrons. The van der Waals surface area contributed by atoms with Crippen LogP contribution >= 0.6 is 0 Å². The van der Waals surface area contributed by atoms with E-state index in [0.717, 1.165) is 32.6 Å². The second-order valence-corrected chi connectivity index (χ2v) is 8.59. The Kier molecular flexibility index (Phi) is 6.65. The first kappa shape index (κ1) is 19.9. The lowest BCUT2D eigenvalue weighted by Crippen LogP contribution is -2.52. The van der Waals surface area contributed by atoms with Crippen LogP contribution in [-0.2, 0) is 16.1 Å². The maximum absolute atomic E-state index is 13.0. The van der Waals surface area contributed by atoms with Crippen LogP contribution in [0.3, 0.4) is 0 Å². The zero-order valence-electron chi connectivity index (χ0n) is 17.3. The Morgan fingerprint density at radius 2 is 1.75 bits per heavy atom. The van der Waals surface area contributed by atoms with E-state index in [0.29, 0.717) is 31.1 Å². The van der Waals surface area contributed by atoms with Crippen LogP contribution < -0.4 is 0 Å². The molecule has 1 amide bonds. The zero-order chi connectivity index (χ0) is 19.3. The number of carbonyl (C=O) groups is 1. The summed E-state index contributed by atoms with van der Waals surface area (Å²) < 4.78 is 5.74. The van der Waals surface area contributed by atoms with Gasteiger partial charge >= 0.3 is 0 Å². The molecule has 0 N–H and O–H groups in total. The van der Waals surface area contributed by atoms with E-state index < -0.39 is 0 Å². The van der Waals surface area contributed by atoms with E-state index in [4.69, 9.17) is 4.74 Å². The second kappa shape index (κ2) is 9.38. The third-order valence-corrected chi connectivity index (χ3v) is 6.79. The van der Waals surface area contributed by atoms with E-state index in [1.54, 1.807) is 0 Å². The summed E-state index contributed by atoms with van der Waals surface area (Å²) in [6.07, 6.45) is 6.17. The number of carbonyl (C=O) groups excluding carboxylic acids is 1. The number of hydrogen-bond acceptors (Lipinski definition) is 4. The van der Waals surface area contributed by atoms with Crippen LogP contribution in [0.15, 0.2) is 30.3 Å². The molecule has 0 saturated carbocycles. The lowest BCUT2D eigenvalue weighted by atomic mass is 10.0. The Morgan fingerprint density at radius 1 is 1.04 bits per heavy atom. The van der Waals surface area contributed by atoms with Crippen molar-refractivity contribution in [2.75, 3.05) is 39.3 Å². The summed E-state index contributed by atoms with van der Waals surface area (Å²) in [4.78, 5) is 20.1. The molecule has 28 heavy (non-hydrogen) atoms. The normalized spacial score (nSPS) is 29.5. The first-order valence-corrected chi connectivity index (χ1v) is 11.2. The van der Waals surface area contributed by atoms with E-state index in [1.165, 1.54) is 37.8 Å². The monoisotopic (exact) mass is 385 g/mol. The molecule has 4 rings (SSSR count). The Balaban J connectivity index is 1.36. The summed E-state index contributed by atoms with van der Waals surface area (Å²) in [5, 5.41) is 0. The quantitative estimate of drug-likeness (QED) is 0.754. The Morgan fingerprint density at radius 3 is 2.50 bits per heavy atom. The van der Waals surface area contributed by atoms with Gasteiger partial charge in [-0.1, -0.05) is 37.3 Å². The minimum absolute atomic E-state index is 0.211. The van der Waals surface area contributed by atoms with Gasteiger partial charge in [-0.05, 0) is 50.8 Å². The topological polar surface area (TPSA) is 36.0 Å². The van der Waals surface area contributed by atoms with Crippen molar-refractivity contribution in [3.8, 4) is 0 Å². The second-order valence-electron chi connectivity index (χ2n) is 8.59. The van der Waals surface area contributed by atoms with Crippen LogP contribution in [0.4, 0.5) is 0 Å². The Bertz CT molecular complexity index is 638. The molecule has 0 aromatic heterocycles. The van der Waals surface area contributed by atoms with Gasteiger partial charge in [0, 0.05) is 31.7 Å². The molecular formula is C23H35N3O2. The number of benzene rings is 1. The maximum Gasteiger partial charge on any atom is 0.236 e.